The predicted molar refractivity (Wildman–Crippen MR) is 81.9 cm³/mol. The number of fused-ring (bicyclic) bond motifs is 1. The molecule has 0 amide bonds. The standard InChI is InChI=1S/C18H16O3/c1-20-15-8-6-13(7-9-15)12-14-10-11-21-17-5-3-2-4-16(17)18(14)19/h2-9,12H,10-11H2,1H3/b14-12-. The topological polar surface area (TPSA) is 35.5 Å². The van der Waals surface area contributed by atoms with Crippen molar-refractivity contribution in [3.05, 3.63) is 65.2 Å². The highest BCUT2D eigenvalue weighted by Crippen LogP contribution is 2.27. The number of hydrogen-bond donors (Lipinski definition) is 0. The van der Waals surface area contributed by atoms with Crippen molar-refractivity contribution in [2.24, 2.45) is 0 Å². The number of ketones is 1. The Morgan fingerprint density at radius 3 is 2.62 bits per heavy atom. The van der Waals surface area contributed by atoms with Crippen LogP contribution in [0.25, 0.3) is 6.08 Å². The van der Waals surface area contributed by atoms with E-state index in [4.69, 9.17) is 9.47 Å². The molecule has 21 heavy (non-hydrogen) atoms. The molecule has 0 saturated heterocycles. The van der Waals surface area contributed by atoms with E-state index in [0.29, 0.717) is 24.3 Å². The van der Waals surface area contributed by atoms with Gasteiger partial charge in [-0.05, 0) is 35.9 Å². The van der Waals surface area contributed by atoms with Crippen molar-refractivity contribution < 1.29 is 14.3 Å². The van der Waals surface area contributed by atoms with Crippen LogP contribution in [0.3, 0.4) is 0 Å². The predicted octanol–water partition coefficient (Wildman–Crippen LogP) is 3.74. The summed E-state index contributed by atoms with van der Waals surface area (Å²) in [6.07, 6.45) is 2.53. The fourth-order valence-corrected chi connectivity index (χ4v) is 2.38. The van der Waals surface area contributed by atoms with Crippen molar-refractivity contribution in [2.75, 3.05) is 13.7 Å². The zero-order valence-corrected chi connectivity index (χ0v) is 11.8. The first kappa shape index (κ1) is 13.4. The summed E-state index contributed by atoms with van der Waals surface area (Å²) in [7, 11) is 1.64. The summed E-state index contributed by atoms with van der Waals surface area (Å²) < 4.78 is 10.8. The van der Waals surface area contributed by atoms with E-state index in [0.717, 1.165) is 16.9 Å². The lowest BCUT2D eigenvalue weighted by molar-refractivity contribution is 0.103. The first-order valence-corrected chi connectivity index (χ1v) is 6.89. The normalized spacial score (nSPS) is 16.0. The largest absolute Gasteiger partial charge is 0.497 e. The van der Waals surface area contributed by atoms with Gasteiger partial charge in [0.1, 0.15) is 11.5 Å². The Labute approximate surface area is 123 Å². The minimum atomic E-state index is 0.0407. The highest BCUT2D eigenvalue weighted by Gasteiger charge is 2.20. The van der Waals surface area contributed by atoms with Crippen molar-refractivity contribution in [2.45, 2.75) is 6.42 Å². The van der Waals surface area contributed by atoms with Crippen LogP contribution in [0.4, 0.5) is 0 Å². The van der Waals surface area contributed by atoms with Gasteiger partial charge in [0.05, 0.1) is 19.3 Å². The van der Waals surface area contributed by atoms with Crippen molar-refractivity contribution in [3.63, 3.8) is 0 Å². The lowest BCUT2D eigenvalue weighted by Crippen LogP contribution is -2.01. The van der Waals surface area contributed by atoms with Crippen molar-refractivity contribution in [1.82, 2.24) is 0 Å². The molecule has 0 spiro atoms. The van der Waals surface area contributed by atoms with E-state index < -0.39 is 0 Å². The van der Waals surface area contributed by atoms with E-state index in [2.05, 4.69) is 0 Å². The van der Waals surface area contributed by atoms with Crippen LogP contribution >= 0.6 is 0 Å². The van der Waals surface area contributed by atoms with Gasteiger partial charge in [0.2, 0.25) is 0 Å². The number of ether oxygens (including phenoxy) is 2. The van der Waals surface area contributed by atoms with E-state index in [1.807, 2.05) is 54.6 Å². The van der Waals surface area contributed by atoms with Gasteiger partial charge in [-0.25, -0.2) is 0 Å². The third kappa shape index (κ3) is 2.82. The molecule has 3 rings (SSSR count). The highest BCUT2D eigenvalue weighted by molar-refractivity contribution is 6.13. The smallest absolute Gasteiger partial charge is 0.192 e. The molecular weight excluding hydrogens is 264 g/mol. The molecule has 0 atom stereocenters. The van der Waals surface area contributed by atoms with Crippen molar-refractivity contribution in [1.29, 1.82) is 0 Å². The van der Waals surface area contributed by atoms with E-state index >= 15 is 0 Å². The molecule has 0 unspecified atom stereocenters. The fraction of sp³-hybridized carbons (Fsp3) is 0.167. The zero-order chi connectivity index (χ0) is 14.7. The van der Waals surface area contributed by atoms with E-state index in [-0.39, 0.29) is 5.78 Å². The second-order valence-corrected chi connectivity index (χ2v) is 4.87. The molecule has 106 valence electrons. The summed E-state index contributed by atoms with van der Waals surface area (Å²) in [5.41, 5.74) is 2.39. The van der Waals surface area contributed by atoms with Gasteiger partial charge < -0.3 is 9.47 Å². The van der Waals surface area contributed by atoms with Gasteiger partial charge in [0.25, 0.3) is 0 Å². The number of para-hydroxylation sites is 1. The van der Waals surface area contributed by atoms with Gasteiger partial charge >= 0.3 is 0 Å². The summed E-state index contributed by atoms with van der Waals surface area (Å²) in [4.78, 5) is 12.6. The maximum atomic E-state index is 12.6. The second kappa shape index (κ2) is 5.83. The van der Waals surface area contributed by atoms with Crippen LogP contribution in [-0.4, -0.2) is 19.5 Å². The number of carbonyl (C=O) groups is 1. The molecule has 2 aromatic rings. The van der Waals surface area contributed by atoms with Crippen LogP contribution in [0.5, 0.6) is 11.5 Å². The van der Waals surface area contributed by atoms with Crippen LogP contribution in [0.2, 0.25) is 0 Å². The molecule has 0 aromatic heterocycles. The van der Waals surface area contributed by atoms with Crippen LogP contribution in [0.1, 0.15) is 22.3 Å². The molecule has 1 heterocycles. The minimum absolute atomic E-state index is 0.0407. The molecule has 3 heteroatoms. The average Bonchev–Trinajstić information content (AvgIpc) is 2.69. The maximum absolute atomic E-state index is 12.6. The molecular formula is C18H16O3. The Morgan fingerprint density at radius 2 is 1.86 bits per heavy atom. The molecule has 0 N–H and O–H groups in total. The third-order valence-electron chi connectivity index (χ3n) is 3.51. The van der Waals surface area contributed by atoms with Gasteiger partial charge in [0.15, 0.2) is 5.78 Å². The lowest BCUT2D eigenvalue weighted by Gasteiger charge is -2.04. The molecule has 0 aliphatic carbocycles. The average molecular weight is 280 g/mol. The quantitative estimate of drug-likeness (QED) is 0.786. The van der Waals surface area contributed by atoms with Gasteiger partial charge in [-0.3, -0.25) is 4.79 Å². The first-order chi connectivity index (χ1) is 10.3. The third-order valence-corrected chi connectivity index (χ3v) is 3.51. The molecule has 1 aliphatic heterocycles. The van der Waals surface area contributed by atoms with Crippen LogP contribution in [0, 0.1) is 0 Å². The van der Waals surface area contributed by atoms with E-state index in [9.17, 15) is 4.79 Å². The lowest BCUT2D eigenvalue weighted by atomic mass is 9.99. The number of rotatable bonds is 2. The Hall–Kier alpha value is -2.55. The fourth-order valence-electron chi connectivity index (χ4n) is 2.38. The van der Waals surface area contributed by atoms with Crippen LogP contribution in [-0.2, 0) is 0 Å². The first-order valence-electron chi connectivity index (χ1n) is 6.89. The Kier molecular flexibility index (Phi) is 3.73. The van der Waals surface area contributed by atoms with Gasteiger partial charge in [-0.15, -0.1) is 0 Å². The van der Waals surface area contributed by atoms with E-state index in [1.54, 1.807) is 7.11 Å². The summed E-state index contributed by atoms with van der Waals surface area (Å²) in [6.45, 7) is 0.519. The van der Waals surface area contributed by atoms with Crippen molar-refractivity contribution >= 4 is 11.9 Å². The summed E-state index contributed by atoms with van der Waals surface area (Å²) >= 11 is 0. The van der Waals surface area contributed by atoms with Gasteiger partial charge in [-0.2, -0.15) is 0 Å². The number of methoxy groups -OCH3 is 1. The van der Waals surface area contributed by atoms with Crippen molar-refractivity contribution in [3.8, 4) is 11.5 Å². The molecule has 0 saturated carbocycles. The Balaban J connectivity index is 1.94. The number of carbonyl (C=O) groups excluding carboxylic acids is 1. The molecule has 0 bridgehead atoms. The van der Waals surface area contributed by atoms with Gasteiger partial charge in [-0.1, -0.05) is 24.3 Å². The molecule has 0 fully saturated rings. The zero-order valence-electron chi connectivity index (χ0n) is 11.8. The Bertz CT molecular complexity index is 684. The van der Waals surface area contributed by atoms with Gasteiger partial charge in [0, 0.05) is 12.0 Å². The number of Topliss-reactive ketones (excluding diaryl/α,β-unsaturated/α-hetero) is 1. The second-order valence-electron chi connectivity index (χ2n) is 4.87. The monoisotopic (exact) mass is 280 g/mol. The summed E-state index contributed by atoms with van der Waals surface area (Å²) in [5, 5.41) is 0. The van der Waals surface area contributed by atoms with E-state index in [1.165, 1.54) is 0 Å². The Morgan fingerprint density at radius 1 is 1.10 bits per heavy atom. The minimum Gasteiger partial charge on any atom is -0.497 e. The number of benzene rings is 2. The summed E-state index contributed by atoms with van der Waals surface area (Å²) in [5.74, 6) is 1.51. The highest BCUT2D eigenvalue weighted by atomic mass is 16.5. The molecule has 0 radical (unpaired) electrons. The van der Waals surface area contributed by atoms with Crippen LogP contribution in [0.15, 0.2) is 54.1 Å². The van der Waals surface area contributed by atoms with Crippen LogP contribution < -0.4 is 9.47 Å². The molecule has 3 nitrogen and oxygen atoms in total. The molecule has 2 aromatic carbocycles. The maximum Gasteiger partial charge on any atom is 0.192 e. The number of hydrogen-bond acceptors (Lipinski definition) is 3. The molecule has 1 aliphatic rings. The SMILES string of the molecule is COc1ccc(/C=C2/CCOc3ccccc3C2=O)cc1. The summed E-state index contributed by atoms with van der Waals surface area (Å²) in [6, 6.07) is 15.0.